The van der Waals surface area contributed by atoms with Crippen LogP contribution in [0.15, 0.2) is 24.3 Å². The molecule has 1 aromatic rings. The maximum Gasteiger partial charge on any atom is 0.289 e. The highest BCUT2D eigenvalue weighted by Crippen LogP contribution is 2.26. The van der Waals surface area contributed by atoms with E-state index in [-0.39, 0.29) is 35.3 Å². The maximum absolute atomic E-state index is 12.4. The molecule has 3 rings (SSSR count). The predicted molar refractivity (Wildman–Crippen MR) is 84.8 cm³/mol. The van der Waals surface area contributed by atoms with Gasteiger partial charge in [0.05, 0.1) is 18.2 Å². The number of thioether (sulfide) groups is 1. The third kappa shape index (κ3) is 2.98. The van der Waals surface area contributed by atoms with Crippen molar-refractivity contribution in [1.82, 2.24) is 9.80 Å². The van der Waals surface area contributed by atoms with Crippen LogP contribution in [0.4, 0.5) is 4.79 Å². The van der Waals surface area contributed by atoms with Crippen molar-refractivity contribution in [3.63, 3.8) is 0 Å². The summed E-state index contributed by atoms with van der Waals surface area (Å²) >= 11 is 7.11. The zero-order chi connectivity index (χ0) is 15.7. The molecule has 2 saturated heterocycles. The Morgan fingerprint density at radius 3 is 2.77 bits per heavy atom. The fourth-order valence-corrected chi connectivity index (χ4v) is 3.79. The van der Waals surface area contributed by atoms with Gasteiger partial charge in [0.25, 0.3) is 5.24 Å². The van der Waals surface area contributed by atoms with Crippen molar-refractivity contribution in [2.75, 3.05) is 18.8 Å². The Labute approximate surface area is 137 Å². The summed E-state index contributed by atoms with van der Waals surface area (Å²) in [6, 6.07) is 7.07. The second-order valence-corrected chi connectivity index (χ2v) is 6.70. The fraction of sp³-hybridized carbons (Fsp3) is 0.400. The van der Waals surface area contributed by atoms with Gasteiger partial charge in [-0.25, -0.2) is 0 Å². The van der Waals surface area contributed by atoms with Gasteiger partial charge < -0.3 is 4.90 Å². The Kier molecular flexibility index (Phi) is 4.40. The lowest BCUT2D eigenvalue weighted by molar-refractivity contribution is -0.131. The summed E-state index contributed by atoms with van der Waals surface area (Å²) < 4.78 is 0. The zero-order valence-electron chi connectivity index (χ0n) is 11.8. The highest BCUT2D eigenvalue weighted by Gasteiger charge is 2.40. The number of carbonyl (C=O) groups excluding carboxylic acids is 3. The highest BCUT2D eigenvalue weighted by molar-refractivity contribution is 8.14. The molecule has 5 nitrogen and oxygen atoms in total. The summed E-state index contributed by atoms with van der Waals surface area (Å²) in [6.07, 6.45) is 0.884. The Morgan fingerprint density at radius 1 is 1.32 bits per heavy atom. The topological polar surface area (TPSA) is 57.7 Å². The minimum absolute atomic E-state index is 0.0256. The molecule has 0 N–H and O–H groups in total. The van der Waals surface area contributed by atoms with Crippen LogP contribution in [0, 0.1) is 0 Å². The highest BCUT2D eigenvalue weighted by atomic mass is 35.5. The normalized spacial score (nSPS) is 21.8. The lowest BCUT2D eigenvalue weighted by Gasteiger charge is -2.22. The van der Waals surface area contributed by atoms with Crippen LogP contribution < -0.4 is 0 Å². The molecular formula is C15H15ClN2O3S. The van der Waals surface area contributed by atoms with E-state index in [1.54, 1.807) is 11.0 Å². The minimum Gasteiger partial charge on any atom is -0.340 e. The van der Waals surface area contributed by atoms with E-state index in [9.17, 15) is 14.4 Å². The van der Waals surface area contributed by atoms with E-state index >= 15 is 0 Å². The van der Waals surface area contributed by atoms with E-state index in [0.717, 1.165) is 17.3 Å². The van der Waals surface area contributed by atoms with Gasteiger partial charge in [-0.05, 0) is 18.1 Å². The lowest BCUT2D eigenvalue weighted by Crippen LogP contribution is -2.41. The van der Waals surface area contributed by atoms with Crippen LogP contribution in [-0.4, -0.2) is 51.7 Å². The number of hydrogen-bond donors (Lipinski definition) is 0. The molecular weight excluding hydrogens is 324 g/mol. The number of rotatable bonds is 3. The summed E-state index contributed by atoms with van der Waals surface area (Å²) in [7, 11) is 0. The first-order valence-corrected chi connectivity index (χ1v) is 8.42. The van der Waals surface area contributed by atoms with Gasteiger partial charge in [0, 0.05) is 18.1 Å². The molecule has 116 valence electrons. The molecule has 2 aliphatic heterocycles. The van der Waals surface area contributed by atoms with E-state index < -0.39 is 0 Å². The molecule has 1 aromatic carbocycles. The zero-order valence-corrected chi connectivity index (χ0v) is 13.4. The van der Waals surface area contributed by atoms with Gasteiger partial charge in [0.15, 0.2) is 0 Å². The Morgan fingerprint density at radius 2 is 2.09 bits per heavy atom. The first kappa shape index (κ1) is 15.4. The number of imide groups is 1. The van der Waals surface area contributed by atoms with E-state index in [0.29, 0.717) is 24.5 Å². The number of nitrogens with zero attached hydrogens (tertiary/aromatic N) is 2. The first-order chi connectivity index (χ1) is 10.6. The van der Waals surface area contributed by atoms with Crippen LogP contribution in [0.1, 0.15) is 12.0 Å². The van der Waals surface area contributed by atoms with E-state index in [1.165, 1.54) is 4.90 Å². The van der Waals surface area contributed by atoms with Crippen molar-refractivity contribution in [1.29, 1.82) is 0 Å². The summed E-state index contributed by atoms with van der Waals surface area (Å²) in [4.78, 5) is 38.9. The Hall–Kier alpha value is -1.53. The van der Waals surface area contributed by atoms with Crippen molar-refractivity contribution in [2.24, 2.45) is 0 Å². The molecule has 2 aliphatic rings. The number of halogens is 1. The largest absolute Gasteiger partial charge is 0.340 e. The summed E-state index contributed by atoms with van der Waals surface area (Å²) in [5.74, 6) is 0.0332. The molecule has 3 amide bonds. The van der Waals surface area contributed by atoms with Gasteiger partial charge in [-0.3, -0.25) is 19.3 Å². The standard InChI is InChI=1S/C15H15ClN2O3S/c16-12-4-2-1-3-10(12)7-13(19)17-6-5-11(8-17)18-14(20)9-22-15(18)21/h1-4,11H,5-9H2. The third-order valence-corrected chi connectivity index (χ3v) is 5.17. The molecule has 0 saturated carbocycles. The van der Waals surface area contributed by atoms with Crippen molar-refractivity contribution in [3.05, 3.63) is 34.9 Å². The molecule has 1 atom stereocenters. The summed E-state index contributed by atoms with van der Waals surface area (Å²) in [6.45, 7) is 0.983. The average molecular weight is 339 g/mol. The van der Waals surface area contributed by atoms with Gasteiger partial charge in [-0.1, -0.05) is 41.6 Å². The van der Waals surface area contributed by atoms with Crippen molar-refractivity contribution >= 4 is 40.4 Å². The monoisotopic (exact) mass is 338 g/mol. The lowest BCUT2D eigenvalue weighted by atomic mass is 10.1. The van der Waals surface area contributed by atoms with Gasteiger partial charge >= 0.3 is 0 Å². The summed E-state index contributed by atoms with van der Waals surface area (Å²) in [5, 5.41) is 0.378. The molecule has 0 radical (unpaired) electrons. The second-order valence-electron chi connectivity index (χ2n) is 5.37. The van der Waals surface area contributed by atoms with Crippen LogP contribution in [0.2, 0.25) is 5.02 Å². The van der Waals surface area contributed by atoms with Crippen LogP contribution >= 0.6 is 23.4 Å². The number of carbonyl (C=O) groups is 3. The number of amides is 3. The van der Waals surface area contributed by atoms with Gasteiger partial charge in [-0.2, -0.15) is 0 Å². The molecule has 2 fully saturated rings. The fourth-order valence-electron chi connectivity index (χ4n) is 2.81. The van der Waals surface area contributed by atoms with Gasteiger partial charge in [-0.15, -0.1) is 0 Å². The molecule has 0 spiro atoms. The SMILES string of the molecule is O=C(Cc1ccccc1Cl)N1CCC(N2C(=O)CSC2=O)C1. The minimum atomic E-state index is -0.199. The molecule has 0 bridgehead atoms. The average Bonchev–Trinajstić information content (AvgIpc) is 3.08. The molecule has 2 heterocycles. The Balaban J connectivity index is 1.63. The Bertz CT molecular complexity index is 621. The predicted octanol–water partition coefficient (Wildman–Crippen LogP) is 2.18. The summed E-state index contributed by atoms with van der Waals surface area (Å²) in [5.41, 5.74) is 0.793. The number of hydrogen-bond acceptors (Lipinski definition) is 4. The van der Waals surface area contributed by atoms with E-state index in [4.69, 9.17) is 11.6 Å². The molecule has 22 heavy (non-hydrogen) atoms. The van der Waals surface area contributed by atoms with Crippen LogP contribution in [0.3, 0.4) is 0 Å². The van der Waals surface area contributed by atoms with Crippen molar-refractivity contribution < 1.29 is 14.4 Å². The quantitative estimate of drug-likeness (QED) is 0.847. The third-order valence-electron chi connectivity index (χ3n) is 3.97. The smallest absolute Gasteiger partial charge is 0.289 e. The molecule has 0 aromatic heterocycles. The molecule has 1 unspecified atom stereocenters. The first-order valence-electron chi connectivity index (χ1n) is 7.06. The number of benzene rings is 1. The molecule has 7 heteroatoms. The molecule has 0 aliphatic carbocycles. The van der Waals surface area contributed by atoms with Crippen LogP contribution in [0.25, 0.3) is 0 Å². The maximum atomic E-state index is 12.4. The van der Waals surface area contributed by atoms with Gasteiger partial charge in [0.1, 0.15) is 0 Å². The van der Waals surface area contributed by atoms with Crippen LogP contribution in [-0.2, 0) is 16.0 Å². The van der Waals surface area contributed by atoms with E-state index in [1.807, 2.05) is 18.2 Å². The van der Waals surface area contributed by atoms with Crippen molar-refractivity contribution in [2.45, 2.75) is 18.9 Å². The second kappa shape index (κ2) is 6.30. The van der Waals surface area contributed by atoms with Crippen molar-refractivity contribution in [3.8, 4) is 0 Å². The van der Waals surface area contributed by atoms with E-state index in [2.05, 4.69) is 0 Å². The number of likely N-dealkylation sites (tertiary alicyclic amines) is 1. The van der Waals surface area contributed by atoms with Gasteiger partial charge in [0.2, 0.25) is 11.8 Å². The van der Waals surface area contributed by atoms with Crippen LogP contribution in [0.5, 0.6) is 0 Å².